The van der Waals surface area contributed by atoms with Crippen molar-refractivity contribution in [2.45, 2.75) is 57.0 Å². The summed E-state index contributed by atoms with van der Waals surface area (Å²) in [4.78, 5) is 16.5. The van der Waals surface area contributed by atoms with Gasteiger partial charge < -0.3 is 15.1 Å². The lowest BCUT2D eigenvalue weighted by Crippen LogP contribution is -2.45. The van der Waals surface area contributed by atoms with Gasteiger partial charge in [0.15, 0.2) is 0 Å². The van der Waals surface area contributed by atoms with E-state index in [4.69, 9.17) is 0 Å². The Morgan fingerprint density at radius 1 is 1.23 bits per heavy atom. The molecule has 22 heavy (non-hydrogen) atoms. The van der Waals surface area contributed by atoms with Crippen LogP contribution in [0.3, 0.4) is 0 Å². The molecule has 1 amide bonds. The number of carbonyl (C=O) groups is 1. The Bertz CT molecular complexity index is 440. The Morgan fingerprint density at radius 2 is 1.86 bits per heavy atom. The number of likely N-dealkylation sites (N-methyl/N-ethyl adjacent to an activating group) is 1. The van der Waals surface area contributed by atoms with Crippen molar-refractivity contribution in [1.82, 2.24) is 15.1 Å². The molecule has 0 bridgehead atoms. The molecule has 0 spiro atoms. The highest BCUT2D eigenvalue weighted by molar-refractivity contribution is 5.97. The van der Waals surface area contributed by atoms with Crippen LogP contribution in [0.1, 0.15) is 44.9 Å². The Morgan fingerprint density at radius 3 is 2.45 bits per heavy atom. The van der Waals surface area contributed by atoms with E-state index >= 15 is 0 Å². The molecule has 0 unspecified atom stereocenters. The molecule has 0 aromatic rings. The highest BCUT2D eigenvalue weighted by Gasteiger charge is 2.26. The van der Waals surface area contributed by atoms with E-state index in [1.54, 1.807) is 11.1 Å². The van der Waals surface area contributed by atoms with Gasteiger partial charge in [-0.05, 0) is 45.8 Å². The molecule has 1 N–H and O–H groups in total. The third-order valence-electron chi connectivity index (χ3n) is 4.98. The minimum absolute atomic E-state index is 0.152. The van der Waals surface area contributed by atoms with Crippen molar-refractivity contribution >= 4 is 5.91 Å². The number of amides is 1. The predicted octanol–water partition coefficient (Wildman–Crippen LogP) is 1.87. The molecule has 1 aliphatic carbocycles. The molecule has 1 aliphatic heterocycles. The first kappa shape index (κ1) is 16.8. The second kappa shape index (κ2) is 8.19. The van der Waals surface area contributed by atoms with Gasteiger partial charge >= 0.3 is 0 Å². The van der Waals surface area contributed by atoms with Crippen molar-refractivity contribution in [1.29, 1.82) is 5.26 Å². The number of likely N-dealkylation sites (tertiary alicyclic amines) is 1. The van der Waals surface area contributed by atoms with Crippen molar-refractivity contribution in [2.75, 3.05) is 27.2 Å². The van der Waals surface area contributed by atoms with Gasteiger partial charge in [0.05, 0.1) is 0 Å². The fraction of sp³-hybridized carbons (Fsp3) is 0.765. The van der Waals surface area contributed by atoms with Gasteiger partial charge in [-0.3, -0.25) is 4.79 Å². The van der Waals surface area contributed by atoms with Crippen LogP contribution in [0.25, 0.3) is 0 Å². The van der Waals surface area contributed by atoms with E-state index in [0.717, 1.165) is 38.8 Å². The molecule has 5 nitrogen and oxygen atoms in total. The van der Waals surface area contributed by atoms with Crippen LogP contribution in [-0.4, -0.2) is 55.0 Å². The lowest BCUT2D eigenvalue weighted by atomic mass is 9.95. The first-order valence-electron chi connectivity index (χ1n) is 8.44. The zero-order valence-electron chi connectivity index (χ0n) is 13.8. The third-order valence-corrected chi connectivity index (χ3v) is 4.98. The molecule has 2 aliphatic rings. The van der Waals surface area contributed by atoms with Crippen LogP contribution in [0.2, 0.25) is 0 Å². The van der Waals surface area contributed by atoms with Crippen LogP contribution in [0.5, 0.6) is 0 Å². The summed E-state index contributed by atoms with van der Waals surface area (Å²) < 4.78 is 0. The van der Waals surface area contributed by atoms with Crippen molar-refractivity contribution in [3.63, 3.8) is 0 Å². The molecule has 0 atom stereocenters. The van der Waals surface area contributed by atoms with Crippen LogP contribution in [0.15, 0.2) is 11.8 Å². The number of nitrogens with zero attached hydrogens (tertiary/aromatic N) is 3. The second-order valence-electron chi connectivity index (χ2n) is 6.62. The number of hydrogen-bond acceptors (Lipinski definition) is 4. The van der Waals surface area contributed by atoms with Gasteiger partial charge in [0.1, 0.15) is 11.6 Å². The molecule has 0 radical (unpaired) electrons. The normalized spacial score (nSPS) is 22.1. The molecule has 2 fully saturated rings. The predicted molar refractivity (Wildman–Crippen MR) is 87.0 cm³/mol. The van der Waals surface area contributed by atoms with Gasteiger partial charge in [0.25, 0.3) is 5.91 Å². The zero-order valence-corrected chi connectivity index (χ0v) is 13.8. The number of nitrogens with one attached hydrogen (secondary N) is 1. The molecule has 0 aromatic carbocycles. The quantitative estimate of drug-likeness (QED) is 0.636. The van der Waals surface area contributed by atoms with E-state index < -0.39 is 0 Å². The number of piperidine rings is 1. The summed E-state index contributed by atoms with van der Waals surface area (Å²) in [5.74, 6) is -0.152. The van der Waals surface area contributed by atoms with Crippen LogP contribution < -0.4 is 5.32 Å². The van der Waals surface area contributed by atoms with Gasteiger partial charge in [-0.1, -0.05) is 19.3 Å². The van der Waals surface area contributed by atoms with Crippen LogP contribution in [0.4, 0.5) is 0 Å². The SMILES string of the molecule is CN1CCC(N(C)C(=O)/C(C#N)=C\NC2CCCCC2)CC1. The summed E-state index contributed by atoms with van der Waals surface area (Å²) in [6.45, 7) is 2.02. The largest absolute Gasteiger partial charge is 0.387 e. The first-order chi connectivity index (χ1) is 10.6. The number of nitriles is 1. The standard InChI is InChI=1S/C17H28N4O/c1-20-10-8-16(9-11-20)21(2)17(22)14(12-18)13-19-15-6-4-3-5-7-15/h13,15-16,19H,3-11H2,1-2H3/b14-13-. The molecule has 122 valence electrons. The van der Waals surface area contributed by atoms with Crippen LogP contribution in [-0.2, 0) is 4.79 Å². The fourth-order valence-electron chi connectivity index (χ4n) is 3.35. The second-order valence-corrected chi connectivity index (χ2v) is 6.62. The van der Waals surface area contributed by atoms with E-state index in [9.17, 15) is 10.1 Å². The fourth-order valence-corrected chi connectivity index (χ4v) is 3.35. The number of hydrogen-bond donors (Lipinski definition) is 1. The van der Waals surface area contributed by atoms with Gasteiger partial charge in [0, 0.05) is 25.3 Å². The molecular weight excluding hydrogens is 276 g/mol. The molecule has 2 rings (SSSR count). The maximum absolute atomic E-state index is 12.5. The van der Waals surface area contributed by atoms with E-state index in [1.165, 1.54) is 19.3 Å². The molecule has 1 saturated carbocycles. The Labute approximate surface area is 134 Å². The molecule has 0 aromatic heterocycles. The molecular formula is C17H28N4O. The lowest BCUT2D eigenvalue weighted by molar-refractivity contribution is -0.128. The van der Waals surface area contributed by atoms with Crippen molar-refractivity contribution < 1.29 is 4.79 Å². The third kappa shape index (κ3) is 4.48. The summed E-state index contributed by atoms with van der Waals surface area (Å²) >= 11 is 0. The van der Waals surface area contributed by atoms with Crippen molar-refractivity contribution in [2.24, 2.45) is 0 Å². The maximum atomic E-state index is 12.5. The van der Waals surface area contributed by atoms with E-state index in [1.807, 2.05) is 7.05 Å². The monoisotopic (exact) mass is 304 g/mol. The van der Waals surface area contributed by atoms with E-state index in [-0.39, 0.29) is 17.5 Å². The average molecular weight is 304 g/mol. The smallest absolute Gasteiger partial charge is 0.265 e. The van der Waals surface area contributed by atoms with Gasteiger partial charge in [-0.15, -0.1) is 0 Å². The zero-order chi connectivity index (χ0) is 15.9. The minimum atomic E-state index is -0.152. The molecule has 1 saturated heterocycles. The van der Waals surface area contributed by atoms with Gasteiger partial charge in [-0.25, -0.2) is 0 Å². The summed E-state index contributed by atoms with van der Waals surface area (Å²) in [5, 5.41) is 12.6. The highest BCUT2D eigenvalue weighted by atomic mass is 16.2. The summed E-state index contributed by atoms with van der Waals surface area (Å²) in [6.07, 6.45) is 9.63. The van der Waals surface area contributed by atoms with E-state index in [2.05, 4.69) is 23.3 Å². The topological polar surface area (TPSA) is 59.4 Å². The van der Waals surface area contributed by atoms with Crippen LogP contribution >= 0.6 is 0 Å². The first-order valence-corrected chi connectivity index (χ1v) is 8.44. The summed E-state index contributed by atoms with van der Waals surface area (Å²) in [7, 11) is 3.93. The Hall–Kier alpha value is -1.54. The Balaban J connectivity index is 1.91. The van der Waals surface area contributed by atoms with Crippen molar-refractivity contribution in [3.8, 4) is 6.07 Å². The molecule has 5 heteroatoms. The average Bonchev–Trinajstić information content (AvgIpc) is 2.56. The minimum Gasteiger partial charge on any atom is -0.387 e. The van der Waals surface area contributed by atoms with E-state index in [0.29, 0.717) is 6.04 Å². The summed E-state index contributed by atoms with van der Waals surface area (Å²) in [6, 6.07) is 2.73. The lowest BCUT2D eigenvalue weighted by Gasteiger charge is -2.35. The molecule has 1 heterocycles. The maximum Gasteiger partial charge on any atom is 0.265 e. The number of carbonyl (C=O) groups excluding carboxylic acids is 1. The Kier molecular flexibility index (Phi) is 6.26. The van der Waals surface area contributed by atoms with Crippen LogP contribution in [0, 0.1) is 11.3 Å². The van der Waals surface area contributed by atoms with Gasteiger partial charge in [0.2, 0.25) is 0 Å². The number of rotatable bonds is 4. The summed E-state index contributed by atoms with van der Waals surface area (Å²) in [5.41, 5.74) is 0.229. The van der Waals surface area contributed by atoms with Gasteiger partial charge in [-0.2, -0.15) is 5.26 Å². The van der Waals surface area contributed by atoms with Crippen molar-refractivity contribution in [3.05, 3.63) is 11.8 Å². The highest BCUT2D eigenvalue weighted by Crippen LogP contribution is 2.18.